The molecule has 0 saturated carbocycles. The number of para-hydroxylation sites is 1. The number of aromatic nitrogens is 2. The Hall–Kier alpha value is -1.88. The van der Waals surface area contributed by atoms with Crippen LogP contribution in [0, 0.1) is 6.92 Å². The maximum absolute atomic E-state index is 5.24. The monoisotopic (exact) mass is 244 g/mol. The van der Waals surface area contributed by atoms with Gasteiger partial charge >= 0.3 is 0 Å². The standard InChI is InChI=1S/C13H16N4O/c1-9-15-13(18-17-9)11-4-2-3-5-12(11)16-10-6-7-14-8-10/h2-5,10,14,16H,6-8H2,1H3. The highest BCUT2D eigenvalue weighted by atomic mass is 16.5. The molecule has 1 saturated heterocycles. The summed E-state index contributed by atoms with van der Waals surface area (Å²) in [6.07, 6.45) is 1.14. The van der Waals surface area contributed by atoms with Crippen LogP contribution < -0.4 is 10.6 Å². The molecule has 94 valence electrons. The van der Waals surface area contributed by atoms with Crippen LogP contribution in [-0.4, -0.2) is 29.3 Å². The van der Waals surface area contributed by atoms with E-state index in [-0.39, 0.29) is 0 Å². The van der Waals surface area contributed by atoms with Crippen LogP contribution in [0.1, 0.15) is 12.2 Å². The van der Waals surface area contributed by atoms with Crippen molar-refractivity contribution in [3.63, 3.8) is 0 Å². The van der Waals surface area contributed by atoms with E-state index in [1.165, 1.54) is 0 Å². The molecule has 18 heavy (non-hydrogen) atoms. The van der Waals surface area contributed by atoms with E-state index >= 15 is 0 Å². The van der Waals surface area contributed by atoms with Crippen LogP contribution in [0.3, 0.4) is 0 Å². The molecule has 3 rings (SSSR count). The molecule has 1 aromatic carbocycles. The third kappa shape index (κ3) is 2.22. The number of nitrogens with one attached hydrogen (secondary N) is 2. The number of benzene rings is 1. The minimum absolute atomic E-state index is 0.468. The third-order valence-electron chi connectivity index (χ3n) is 3.10. The van der Waals surface area contributed by atoms with Gasteiger partial charge in [-0.15, -0.1) is 0 Å². The molecule has 1 unspecified atom stereocenters. The zero-order chi connectivity index (χ0) is 12.4. The lowest BCUT2D eigenvalue weighted by molar-refractivity contribution is 0.425. The summed E-state index contributed by atoms with van der Waals surface area (Å²) in [5.41, 5.74) is 2.01. The van der Waals surface area contributed by atoms with Crippen LogP contribution in [0.25, 0.3) is 11.5 Å². The second-order valence-electron chi connectivity index (χ2n) is 4.53. The Morgan fingerprint density at radius 1 is 1.39 bits per heavy atom. The summed E-state index contributed by atoms with van der Waals surface area (Å²) >= 11 is 0. The van der Waals surface area contributed by atoms with Crippen molar-refractivity contribution < 1.29 is 4.52 Å². The van der Waals surface area contributed by atoms with Crippen molar-refractivity contribution in [1.29, 1.82) is 0 Å². The summed E-state index contributed by atoms with van der Waals surface area (Å²) in [5.74, 6) is 1.23. The molecular formula is C13H16N4O. The van der Waals surface area contributed by atoms with Gasteiger partial charge in [-0.1, -0.05) is 17.3 Å². The average Bonchev–Trinajstić information content (AvgIpc) is 3.02. The fourth-order valence-electron chi connectivity index (χ4n) is 2.20. The average molecular weight is 244 g/mol. The van der Waals surface area contributed by atoms with E-state index in [9.17, 15) is 0 Å². The zero-order valence-electron chi connectivity index (χ0n) is 10.3. The number of rotatable bonds is 3. The summed E-state index contributed by atoms with van der Waals surface area (Å²) in [6, 6.07) is 8.50. The Morgan fingerprint density at radius 3 is 3.00 bits per heavy atom. The lowest BCUT2D eigenvalue weighted by Crippen LogP contribution is -2.22. The van der Waals surface area contributed by atoms with Crippen LogP contribution in [0.4, 0.5) is 5.69 Å². The second-order valence-corrected chi connectivity index (χ2v) is 4.53. The Bertz CT molecular complexity index is 531. The molecule has 1 aromatic heterocycles. The Morgan fingerprint density at radius 2 is 2.28 bits per heavy atom. The Balaban J connectivity index is 1.89. The van der Waals surface area contributed by atoms with Crippen molar-refractivity contribution in [1.82, 2.24) is 15.5 Å². The topological polar surface area (TPSA) is 63.0 Å². The maximum Gasteiger partial charge on any atom is 0.260 e. The van der Waals surface area contributed by atoms with Gasteiger partial charge in [0.25, 0.3) is 5.89 Å². The smallest absolute Gasteiger partial charge is 0.260 e. The molecule has 1 aliphatic rings. The first-order chi connectivity index (χ1) is 8.83. The van der Waals surface area contributed by atoms with E-state index in [0.717, 1.165) is 30.8 Å². The molecule has 0 spiro atoms. The van der Waals surface area contributed by atoms with Gasteiger partial charge in [-0.25, -0.2) is 0 Å². The summed E-state index contributed by atoms with van der Waals surface area (Å²) in [4.78, 5) is 4.28. The van der Waals surface area contributed by atoms with E-state index in [1.54, 1.807) is 0 Å². The SMILES string of the molecule is Cc1noc(-c2ccccc2NC2CCNC2)n1. The van der Waals surface area contributed by atoms with Crippen LogP contribution >= 0.6 is 0 Å². The van der Waals surface area contributed by atoms with Crippen molar-refractivity contribution in [3.8, 4) is 11.5 Å². The number of nitrogens with zero attached hydrogens (tertiary/aromatic N) is 2. The number of hydrogen-bond acceptors (Lipinski definition) is 5. The van der Waals surface area contributed by atoms with Crippen molar-refractivity contribution >= 4 is 5.69 Å². The minimum Gasteiger partial charge on any atom is -0.380 e. The van der Waals surface area contributed by atoms with E-state index in [1.807, 2.05) is 31.2 Å². The minimum atomic E-state index is 0.468. The molecule has 1 atom stereocenters. The molecule has 1 fully saturated rings. The van der Waals surface area contributed by atoms with E-state index in [4.69, 9.17) is 4.52 Å². The Kier molecular flexibility index (Phi) is 2.98. The van der Waals surface area contributed by atoms with Gasteiger partial charge in [0.05, 0.1) is 5.56 Å². The van der Waals surface area contributed by atoms with Crippen LogP contribution in [-0.2, 0) is 0 Å². The molecule has 5 nitrogen and oxygen atoms in total. The van der Waals surface area contributed by atoms with Crippen molar-refractivity contribution in [3.05, 3.63) is 30.1 Å². The summed E-state index contributed by atoms with van der Waals surface area (Å²) in [7, 11) is 0. The quantitative estimate of drug-likeness (QED) is 0.862. The van der Waals surface area contributed by atoms with Gasteiger partial charge in [0.15, 0.2) is 5.82 Å². The normalized spacial score (nSPS) is 19.1. The fraction of sp³-hybridized carbons (Fsp3) is 0.385. The van der Waals surface area contributed by atoms with Gasteiger partial charge in [0, 0.05) is 18.3 Å². The summed E-state index contributed by atoms with van der Waals surface area (Å²) in [5, 5.41) is 10.7. The maximum atomic E-state index is 5.24. The second kappa shape index (κ2) is 4.78. The third-order valence-corrected chi connectivity index (χ3v) is 3.10. The van der Waals surface area contributed by atoms with Crippen LogP contribution in [0.5, 0.6) is 0 Å². The van der Waals surface area contributed by atoms with Gasteiger partial charge in [0.1, 0.15) is 0 Å². The number of aryl methyl sites for hydroxylation is 1. The first-order valence-corrected chi connectivity index (χ1v) is 6.20. The molecule has 2 N–H and O–H groups in total. The predicted molar refractivity (Wildman–Crippen MR) is 69.4 cm³/mol. The van der Waals surface area contributed by atoms with E-state index in [2.05, 4.69) is 20.8 Å². The molecular weight excluding hydrogens is 228 g/mol. The highest BCUT2D eigenvalue weighted by Gasteiger charge is 2.17. The molecule has 5 heteroatoms. The number of hydrogen-bond donors (Lipinski definition) is 2. The molecule has 0 radical (unpaired) electrons. The fourth-order valence-corrected chi connectivity index (χ4v) is 2.20. The summed E-state index contributed by atoms with van der Waals surface area (Å²) < 4.78 is 5.24. The molecule has 0 bridgehead atoms. The van der Waals surface area contributed by atoms with Crippen molar-refractivity contribution in [2.45, 2.75) is 19.4 Å². The lowest BCUT2D eigenvalue weighted by Gasteiger charge is -2.14. The van der Waals surface area contributed by atoms with Gasteiger partial charge in [0.2, 0.25) is 0 Å². The number of anilines is 1. The molecule has 1 aliphatic heterocycles. The van der Waals surface area contributed by atoms with Gasteiger partial charge < -0.3 is 15.2 Å². The molecule has 2 aromatic rings. The zero-order valence-corrected chi connectivity index (χ0v) is 10.3. The largest absolute Gasteiger partial charge is 0.380 e. The van der Waals surface area contributed by atoms with E-state index < -0.39 is 0 Å². The highest BCUT2D eigenvalue weighted by molar-refractivity contribution is 5.72. The van der Waals surface area contributed by atoms with Crippen LogP contribution in [0.15, 0.2) is 28.8 Å². The lowest BCUT2D eigenvalue weighted by atomic mass is 10.1. The van der Waals surface area contributed by atoms with Crippen LogP contribution in [0.2, 0.25) is 0 Å². The van der Waals surface area contributed by atoms with E-state index in [0.29, 0.717) is 17.8 Å². The van der Waals surface area contributed by atoms with Gasteiger partial charge in [-0.05, 0) is 32.0 Å². The first-order valence-electron chi connectivity index (χ1n) is 6.20. The van der Waals surface area contributed by atoms with Gasteiger partial charge in [-0.3, -0.25) is 0 Å². The molecule has 0 amide bonds. The predicted octanol–water partition coefficient (Wildman–Crippen LogP) is 1.82. The van der Waals surface area contributed by atoms with Gasteiger partial charge in [-0.2, -0.15) is 4.98 Å². The molecule has 2 heterocycles. The molecule has 0 aliphatic carbocycles. The Labute approximate surface area is 106 Å². The van der Waals surface area contributed by atoms with Crippen molar-refractivity contribution in [2.75, 3.05) is 18.4 Å². The van der Waals surface area contributed by atoms with Crippen molar-refractivity contribution in [2.24, 2.45) is 0 Å². The highest BCUT2D eigenvalue weighted by Crippen LogP contribution is 2.27. The first kappa shape index (κ1) is 11.2. The summed E-state index contributed by atoms with van der Waals surface area (Å²) in [6.45, 7) is 3.89.